The Bertz CT molecular complexity index is 287. The van der Waals surface area contributed by atoms with E-state index in [0.717, 1.165) is 18.8 Å². The lowest BCUT2D eigenvalue weighted by Gasteiger charge is -2.18. The van der Waals surface area contributed by atoms with E-state index < -0.39 is 0 Å². The number of amides is 2. The SMILES string of the molecule is CCC(CC1CC1)NC(=O)C1CNC(=O)C1. The van der Waals surface area contributed by atoms with E-state index >= 15 is 0 Å². The van der Waals surface area contributed by atoms with Gasteiger partial charge in [0, 0.05) is 19.0 Å². The number of hydrogen-bond donors (Lipinski definition) is 2. The van der Waals surface area contributed by atoms with Crippen LogP contribution in [0.5, 0.6) is 0 Å². The third kappa shape index (κ3) is 2.97. The largest absolute Gasteiger partial charge is 0.355 e. The quantitative estimate of drug-likeness (QED) is 0.726. The van der Waals surface area contributed by atoms with Gasteiger partial charge < -0.3 is 10.6 Å². The minimum Gasteiger partial charge on any atom is -0.355 e. The zero-order valence-electron chi connectivity index (χ0n) is 9.79. The van der Waals surface area contributed by atoms with Gasteiger partial charge in [0.25, 0.3) is 0 Å². The molecule has 4 nitrogen and oxygen atoms in total. The van der Waals surface area contributed by atoms with E-state index in [2.05, 4.69) is 17.6 Å². The Kier molecular flexibility index (Phi) is 3.46. The zero-order valence-corrected chi connectivity index (χ0v) is 9.79. The molecule has 4 heteroatoms. The molecule has 0 aromatic carbocycles. The summed E-state index contributed by atoms with van der Waals surface area (Å²) in [6.45, 7) is 2.61. The summed E-state index contributed by atoms with van der Waals surface area (Å²) in [6.07, 6.45) is 5.07. The van der Waals surface area contributed by atoms with Crippen molar-refractivity contribution in [2.45, 2.75) is 45.1 Å². The van der Waals surface area contributed by atoms with Gasteiger partial charge >= 0.3 is 0 Å². The van der Waals surface area contributed by atoms with E-state index in [4.69, 9.17) is 0 Å². The van der Waals surface area contributed by atoms with Crippen LogP contribution >= 0.6 is 0 Å². The Hall–Kier alpha value is -1.06. The molecule has 2 unspecified atom stereocenters. The summed E-state index contributed by atoms with van der Waals surface area (Å²) in [5, 5.41) is 5.76. The van der Waals surface area contributed by atoms with E-state index in [1.807, 2.05) is 0 Å². The van der Waals surface area contributed by atoms with Gasteiger partial charge in [-0.25, -0.2) is 0 Å². The van der Waals surface area contributed by atoms with Gasteiger partial charge in [0.1, 0.15) is 0 Å². The standard InChI is InChI=1S/C12H20N2O2/c1-2-10(5-8-3-4-8)14-12(16)9-6-11(15)13-7-9/h8-10H,2-7H2,1H3,(H,13,15)(H,14,16). The van der Waals surface area contributed by atoms with Crippen LogP contribution in [0.1, 0.15) is 39.0 Å². The molecular formula is C12H20N2O2. The first kappa shape index (κ1) is 11.4. The van der Waals surface area contributed by atoms with Crippen LogP contribution < -0.4 is 10.6 Å². The molecule has 1 aliphatic carbocycles. The first-order valence-corrected chi connectivity index (χ1v) is 6.26. The lowest BCUT2D eigenvalue weighted by molar-refractivity contribution is -0.127. The smallest absolute Gasteiger partial charge is 0.225 e. The Morgan fingerprint density at radius 2 is 2.31 bits per heavy atom. The zero-order chi connectivity index (χ0) is 11.5. The van der Waals surface area contributed by atoms with Gasteiger partial charge in [-0.05, 0) is 18.8 Å². The normalized spacial score (nSPS) is 26.3. The molecule has 2 amide bonds. The molecule has 16 heavy (non-hydrogen) atoms. The molecule has 0 aromatic heterocycles. The second-order valence-electron chi connectivity index (χ2n) is 5.00. The third-order valence-electron chi connectivity index (χ3n) is 3.50. The minimum atomic E-state index is -0.152. The highest BCUT2D eigenvalue weighted by Crippen LogP contribution is 2.34. The number of carbonyl (C=O) groups is 2. The van der Waals surface area contributed by atoms with E-state index in [9.17, 15) is 9.59 Å². The molecule has 2 atom stereocenters. The van der Waals surface area contributed by atoms with Crippen molar-refractivity contribution >= 4 is 11.8 Å². The van der Waals surface area contributed by atoms with Crippen LogP contribution in [0.25, 0.3) is 0 Å². The van der Waals surface area contributed by atoms with Gasteiger partial charge in [0.15, 0.2) is 0 Å². The molecule has 0 radical (unpaired) electrons. The van der Waals surface area contributed by atoms with Gasteiger partial charge in [0.05, 0.1) is 5.92 Å². The van der Waals surface area contributed by atoms with Crippen molar-refractivity contribution in [1.82, 2.24) is 10.6 Å². The van der Waals surface area contributed by atoms with E-state index in [-0.39, 0.29) is 17.7 Å². The summed E-state index contributed by atoms with van der Waals surface area (Å²) < 4.78 is 0. The van der Waals surface area contributed by atoms with Crippen molar-refractivity contribution in [2.24, 2.45) is 11.8 Å². The highest BCUT2D eigenvalue weighted by molar-refractivity contribution is 5.89. The number of nitrogens with one attached hydrogen (secondary N) is 2. The summed E-state index contributed by atoms with van der Waals surface area (Å²) in [5.41, 5.74) is 0. The second-order valence-corrected chi connectivity index (χ2v) is 5.00. The summed E-state index contributed by atoms with van der Waals surface area (Å²) >= 11 is 0. The fourth-order valence-electron chi connectivity index (χ4n) is 2.19. The topological polar surface area (TPSA) is 58.2 Å². The van der Waals surface area contributed by atoms with Crippen LogP contribution in [0, 0.1) is 11.8 Å². The molecule has 1 saturated carbocycles. The molecule has 0 spiro atoms. The van der Waals surface area contributed by atoms with Crippen molar-refractivity contribution in [3.63, 3.8) is 0 Å². The molecule has 1 heterocycles. The molecule has 0 bridgehead atoms. The van der Waals surface area contributed by atoms with Crippen LogP contribution in [-0.4, -0.2) is 24.4 Å². The molecule has 1 saturated heterocycles. The number of rotatable bonds is 5. The van der Waals surface area contributed by atoms with Crippen molar-refractivity contribution in [3.8, 4) is 0 Å². The molecule has 90 valence electrons. The van der Waals surface area contributed by atoms with Crippen LogP contribution in [-0.2, 0) is 9.59 Å². The van der Waals surface area contributed by atoms with Gasteiger partial charge in [0.2, 0.25) is 11.8 Å². The van der Waals surface area contributed by atoms with E-state index in [1.165, 1.54) is 12.8 Å². The highest BCUT2D eigenvalue weighted by atomic mass is 16.2. The third-order valence-corrected chi connectivity index (χ3v) is 3.50. The second kappa shape index (κ2) is 4.85. The summed E-state index contributed by atoms with van der Waals surface area (Å²) in [4.78, 5) is 22.9. The number of carbonyl (C=O) groups excluding carboxylic acids is 2. The van der Waals surface area contributed by atoms with Crippen molar-refractivity contribution in [2.75, 3.05) is 6.54 Å². The molecular weight excluding hydrogens is 204 g/mol. The van der Waals surface area contributed by atoms with Crippen molar-refractivity contribution in [1.29, 1.82) is 0 Å². The highest BCUT2D eigenvalue weighted by Gasteiger charge is 2.30. The predicted molar refractivity (Wildman–Crippen MR) is 60.7 cm³/mol. The predicted octanol–water partition coefficient (Wildman–Crippen LogP) is 0.817. The lowest BCUT2D eigenvalue weighted by Crippen LogP contribution is -2.39. The van der Waals surface area contributed by atoms with E-state index in [1.54, 1.807) is 0 Å². The van der Waals surface area contributed by atoms with E-state index in [0.29, 0.717) is 19.0 Å². The van der Waals surface area contributed by atoms with Crippen molar-refractivity contribution in [3.05, 3.63) is 0 Å². The van der Waals surface area contributed by atoms with Crippen molar-refractivity contribution < 1.29 is 9.59 Å². The minimum absolute atomic E-state index is 0.00427. The molecule has 2 N–H and O–H groups in total. The Morgan fingerprint density at radius 3 is 2.81 bits per heavy atom. The Balaban J connectivity index is 1.77. The molecule has 2 fully saturated rings. The van der Waals surface area contributed by atoms with Crippen LogP contribution in [0.3, 0.4) is 0 Å². The maximum absolute atomic E-state index is 11.9. The summed E-state index contributed by atoms with van der Waals surface area (Å²) in [7, 11) is 0. The fraction of sp³-hybridized carbons (Fsp3) is 0.833. The van der Waals surface area contributed by atoms with Gasteiger partial charge in [-0.15, -0.1) is 0 Å². The first-order valence-electron chi connectivity index (χ1n) is 6.26. The Labute approximate surface area is 96.2 Å². The Morgan fingerprint density at radius 1 is 1.56 bits per heavy atom. The summed E-state index contributed by atoms with van der Waals surface area (Å²) in [6, 6.07) is 0.302. The fourth-order valence-corrected chi connectivity index (χ4v) is 2.19. The van der Waals surface area contributed by atoms with Gasteiger partial charge in [-0.3, -0.25) is 9.59 Å². The van der Waals surface area contributed by atoms with Gasteiger partial charge in [-0.1, -0.05) is 19.8 Å². The average Bonchev–Trinajstić information content (AvgIpc) is 2.97. The lowest BCUT2D eigenvalue weighted by atomic mass is 10.0. The van der Waals surface area contributed by atoms with Crippen LogP contribution in [0.4, 0.5) is 0 Å². The maximum Gasteiger partial charge on any atom is 0.225 e. The molecule has 1 aliphatic heterocycles. The first-order chi connectivity index (χ1) is 7.69. The maximum atomic E-state index is 11.9. The molecule has 2 aliphatic rings. The average molecular weight is 224 g/mol. The monoisotopic (exact) mass is 224 g/mol. The van der Waals surface area contributed by atoms with Crippen LogP contribution in [0.2, 0.25) is 0 Å². The summed E-state index contributed by atoms with van der Waals surface area (Å²) in [5.74, 6) is 0.718. The molecule has 0 aromatic rings. The molecule has 2 rings (SSSR count). The van der Waals surface area contributed by atoms with Gasteiger partial charge in [-0.2, -0.15) is 0 Å². The number of hydrogen-bond acceptors (Lipinski definition) is 2. The van der Waals surface area contributed by atoms with Crippen LogP contribution in [0.15, 0.2) is 0 Å².